The molecule has 3 atom stereocenters. The normalized spacial score (nSPS) is 20.1. The number of furan rings is 1. The van der Waals surface area contributed by atoms with E-state index >= 15 is 0 Å². The Hall–Kier alpha value is -0.655. The van der Waals surface area contributed by atoms with Crippen LogP contribution in [0, 0.1) is 0 Å². The van der Waals surface area contributed by atoms with E-state index < -0.39 is 6.15 Å². The van der Waals surface area contributed by atoms with Gasteiger partial charge in [0, 0.05) is 6.15 Å². The van der Waals surface area contributed by atoms with Crippen LogP contribution < -0.4 is 5.46 Å². The Balaban J connectivity index is 3.35. The monoisotopic (exact) mass is 249 g/mol. The molecule has 0 aliphatic heterocycles. The topological polar surface area (TPSA) is 13.1 Å². The molecule has 0 aliphatic rings. The summed E-state index contributed by atoms with van der Waals surface area (Å²) >= 11 is 0. The fourth-order valence-corrected chi connectivity index (χ4v) is 4.40. The molecule has 0 radical (unpaired) electrons. The Labute approximate surface area is 113 Å². The summed E-state index contributed by atoms with van der Waals surface area (Å²) in [4.78, 5) is 0. The summed E-state index contributed by atoms with van der Waals surface area (Å²) < 4.78 is 5.42. The van der Waals surface area contributed by atoms with Crippen molar-refractivity contribution >= 4 is 11.6 Å². The molecule has 1 heterocycles. The highest BCUT2D eigenvalue weighted by atomic mass is 16.3. The minimum atomic E-state index is -0.545. The predicted molar refractivity (Wildman–Crippen MR) is 83.2 cm³/mol. The van der Waals surface area contributed by atoms with Gasteiger partial charge in [-0.25, -0.2) is 0 Å². The molecular weight excluding hydrogens is 219 g/mol. The van der Waals surface area contributed by atoms with Crippen LogP contribution in [-0.2, 0) is 0 Å². The molecular formula is C16H30BO-. The van der Waals surface area contributed by atoms with Gasteiger partial charge in [0.1, 0.15) is 0 Å². The lowest BCUT2D eigenvalue weighted by Gasteiger charge is -2.54. The van der Waals surface area contributed by atoms with Gasteiger partial charge in [-0.2, -0.15) is 22.9 Å². The summed E-state index contributed by atoms with van der Waals surface area (Å²) in [6.45, 7) is 14.3. The Morgan fingerprint density at radius 2 is 1.39 bits per heavy atom. The predicted octanol–water partition coefficient (Wildman–Crippen LogP) is 5.34. The van der Waals surface area contributed by atoms with E-state index in [2.05, 4.69) is 47.6 Å². The van der Waals surface area contributed by atoms with E-state index in [1.165, 1.54) is 24.7 Å². The molecule has 0 N–H and O–H groups in total. The quantitative estimate of drug-likeness (QED) is 0.595. The molecule has 0 saturated heterocycles. The zero-order valence-electron chi connectivity index (χ0n) is 13.1. The van der Waals surface area contributed by atoms with Crippen molar-refractivity contribution in [2.75, 3.05) is 0 Å². The lowest BCUT2D eigenvalue weighted by molar-refractivity contribution is 0.568. The lowest BCUT2D eigenvalue weighted by atomic mass is 9.06. The van der Waals surface area contributed by atoms with Crippen LogP contribution in [0.1, 0.15) is 60.8 Å². The minimum Gasteiger partial charge on any atom is -0.476 e. The van der Waals surface area contributed by atoms with Gasteiger partial charge in [0.15, 0.2) is 0 Å². The molecule has 2 heteroatoms. The molecule has 0 fully saturated rings. The van der Waals surface area contributed by atoms with Crippen molar-refractivity contribution < 1.29 is 4.42 Å². The van der Waals surface area contributed by atoms with E-state index in [1.807, 2.05) is 12.5 Å². The Kier molecular flexibility index (Phi) is 5.56. The molecule has 1 aromatic rings. The van der Waals surface area contributed by atoms with E-state index in [1.54, 1.807) is 0 Å². The average molecular weight is 249 g/mol. The molecule has 104 valence electrons. The van der Waals surface area contributed by atoms with Crippen LogP contribution in [0.2, 0.25) is 17.5 Å². The average Bonchev–Trinajstić information content (AvgIpc) is 2.92. The molecule has 0 aliphatic carbocycles. The SMILES string of the molecule is CCC(C)[B-](c1ccoc1)(C(C)CC)C(C)CC. The summed E-state index contributed by atoms with van der Waals surface area (Å²) in [7, 11) is 0. The molecule has 0 aromatic carbocycles. The highest BCUT2D eigenvalue weighted by Gasteiger charge is 2.39. The van der Waals surface area contributed by atoms with Crippen LogP contribution in [0.4, 0.5) is 0 Å². The van der Waals surface area contributed by atoms with Gasteiger partial charge in [0.05, 0.1) is 12.5 Å². The minimum absolute atomic E-state index is 0.545. The fourth-order valence-electron chi connectivity index (χ4n) is 4.40. The fraction of sp³-hybridized carbons (Fsp3) is 0.750. The van der Waals surface area contributed by atoms with Crippen molar-refractivity contribution in [3.63, 3.8) is 0 Å². The highest BCUT2D eigenvalue weighted by molar-refractivity contribution is 6.95. The zero-order valence-corrected chi connectivity index (χ0v) is 13.1. The van der Waals surface area contributed by atoms with Gasteiger partial charge in [0.25, 0.3) is 0 Å². The summed E-state index contributed by atoms with van der Waals surface area (Å²) in [6, 6.07) is 2.21. The van der Waals surface area contributed by atoms with Crippen molar-refractivity contribution in [3.8, 4) is 0 Å². The van der Waals surface area contributed by atoms with Gasteiger partial charge in [-0.05, 0) is 0 Å². The smallest absolute Gasteiger partial charge is 0.0869 e. The zero-order chi connectivity index (χ0) is 13.8. The molecule has 18 heavy (non-hydrogen) atoms. The van der Waals surface area contributed by atoms with Crippen molar-refractivity contribution in [2.45, 2.75) is 78.3 Å². The summed E-state index contributed by atoms with van der Waals surface area (Å²) in [5.41, 5.74) is 1.47. The third-order valence-electron chi connectivity index (χ3n) is 5.88. The van der Waals surface area contributed by atoms with Gasteiger partial charge in [-0.3, -0.25) is 0 Å². The van der Waals surface area contributed by atoms with E-state index in [4.69, 9.17) is 4.42 Å². The first-order valence-electron chi connectivity index (χ1n) is 7.75. The van der Waals surface area contributed by atoms with Crippen LogP contribution in [-0.4, -0.2) is 6.15 Å². The second-order valence-corrected chi connectivity index (χ2v) is 6.29. The molecule has 3 unspecified atom stereocenters. The molecule has 0 bridgehead atoms. The van der Waals surface area contributed by atoms with Crippen molar-refractivity contribution in [2.24, 2.45) is 0 Å². The van der Waals surface area contributed by atoms with E-state index in [9.17, 15) is 0 Å². The lowest BCUT2D eigenvalue weighted by Crippen LogP contribution is -2.56. The maximum atomic E-state index is 5.42. The molecule has 1 rings (SSSR count). The maximum absolute atomic E-state index is 5.42. The van der Waals surface area contributed by atoms with Crippen LogP contribution in [0.15, 0.2) is 23.0 Å². The van der Waals surface area contributed by atoms with Crippen molar-refractivity contribution in [3.05, 3.63) is 18.6 Å². The van der Waals surface area contributed by atoms with Crippen LogP contribution in [0.5, 0.6) is 0 Å². The van der Waals surface area contributed by atoms with Gasteiger partial charge in [-0.1, -0.05) is 66.9 Å². The summed E-state index contributed by atoms with van der Waals surface area (Å²) in [5.74, 6) is 2.23. The third-order valence-corrected chi connectivity index (χ3v) is 5.88. The van der Waals surface area contributed by atoms with E-state index in [0.717, 1.165) is 17.5 Å². The first-order valence-corrected chi connectivity index (χ1v) is 7.75. The Morgan fingerprint density at radius 3 is 1.67 bits per heavy atom. The number of rotatable bonds is 7. The number of hydrogen-bond donors (Lipinski definition) is 0. The first kappa shape index (κ1) is 15.4. The highest BCUT2D eigenvalue weighted by Crippen LogP contribution is 2.45. The molecule has 0 spiro atoms. The Bertz CT molecular complexity index is 304. The maximum Gasteiger partial charge on any atom is 0.0869 e. The third kappa shape index (κ3) is 2.39. The molecule has 0 saturated carbocycles. The summed E-state index contributed by atoms with van der Waals surface area (Å²) in [6.07, 6.45) is 7.06. The van der Waals surface area contributed by atoms with Gasteiger partial charge >= 0.3 is 0 Å². The second kappa shape index (κ2) is 6.49. The van der Waals surface area contributed by atoms with Crippen LogP contribution in [0.3, 0.4) is 0 Å². The van der Waals surface area contributed by atoms with Crippen molar-refractivity contribution in [1.29, 1.82) is 0 Å². The second-order valence-electron chi connectivity index (χ2n) is 6.29. The number of hydrogen-bond acceptors (Lipinski definition) is 1. The van der Waals surface area contributed by atoms with Gasteiger partial charge in [-0.15, -0.1) is 0 Å². The first-order chi connectivity index (χ1) is 8.55. The van der Waals surface area contributed by atoms with Crippen LogP contribution >= 0.6 is 0 Å². The standard InChI is InChI=1S/C16H30BO/c1-7-13(4)17(14(5)8-2,15(6)9-3)16-10-11-18-12-16/h10-15H,7-9H2,1-6H3/q-1. The van der Waals surface area contributed by atoms with Crippen LogP contribution in [0.25, 0.3) is 0 Å². The molecule has 0 amide bonds. The van der Waals surface area contributed by atoms with E-state index in [-0.39, 0.29) is 0 Å². The summed E-state index contributed by atoms with van der Waals surface area (Å²) in [5, 5.41) is 0. The Morgan fingerprint density at radius 1 is 0.944 bits per heavy atom. The molecule has 1 nitrogen and oxygen atoms in total. The molecule has 1 aromatic heterocycles. The van der Waals surface area contributed by atoms with E-state index in [0.29, 0.717) is 0 Å². The van der Waals surface area contributed by atoms with Gasteiger partial charge in [0.2, 0.25) is 0 Å². The van der Waals surface area contributed by atoms with Gasteiger partial charge < -0.3 is 4.42 Å². The van der Waals surface area contributed by atoms with Crippen molar-refractivity contribution in [1.82, 2.24) is 0 Å². The largest absolute Gasteiger partial charge is 0.476 e.